The van der Waals surface area contributed by atoms with Crippen LogP contribution in [0.25, 0.3) is 0 Å². The average molecular weight is 369 g/mol. The van der Waals surface area contributed by atoms with Crippen molar-refractivity contribution < 1.29 is 9.18 Å². The van der Waals surface area contributed by atoms with E-state index in [9.17, 15) is 9.18 Å². The maximum atomic E-state index is 13.6. The highest BCUT2D eigenvalue weighted by Crippen LogP contribution is 2.16. The minimum atomic E-state index is -0.371. The van der Waals surface area contributed by atoms with E-state index in [4.69, 9.17) is 11.6 Å². The first kappa shape index (κ1) is 18.0. The van der Waals surface area contributed by atoms with Crippen LogP contribution in [0.3, 0.4) is 0 Å². The lowest BCUT2D eigenvalue weighted by Crippen LogP contribution is -2.15. The van der Waals surface area contributed by atoms with Gasteiger partial charge in [-0.25, -0.2) is 4.39 Å². The first-order valence-electron chi connectivity index (χ1n) is 8.22. The third-order valence-corrected chi connectivity index (χ3v) is 4.14. The van der Waals surface area contributed by atoms with Crippen molar-refractivity contribution in [1.29, 1.82) is 0 Å². The Morgan fingerprint density at radius 3 is 2.23 bits per heavy atom. The zero-order valence-corrected chi connectivity index (χ0v) is 14.8. The second-order valence-corrected chi connectivity index (χ2v) is 6.31. The molecule has 0 aliphatic heterocycles. The molecule has 1 amide bonds. The summed E-state index contributed by atoms with van der Waals surface area (Å²) in [5.41, 5.74) is 3.11. The van der Waals surface area contributed by atoms with Crippen molar-refractivity contribution in [3.05, 3.63) is 94.8 Å². The molecule has 26 heavy (non-hydrogen) atoms. The Morgan fingerprint density at radius 2 is 1.54 bits per heavy atom. The van der Waals surface area contributed by atoms with Crippen LogP contribution in [-0.4, -0.2) is 5.91 Å². The third-order valence-electron chi connectivity index (χ3n) is 3.89. The van der Waals surface area contributed by atoms with Gasteiger partial charge in [-0.05, 0) is 53.6 Å². The second-order valence-electron chi connectivity index (χ2n) is 5.87. The highest BCUT2D eigenvalue weighted by atomic mass is 35.5. The van der Waals surface area contributed by atoms with Crippen molar-refractivity contribution in [1.82, 2.24) is 0 Å². The van der Waals surface area contributed by atoms with Crippen LogP contribution in [0, 0.1) is 5.82 Å². The van der Waals surface area contributed by atoms with Crippen LogP contribution in [0.4, 0.5) is 15.8 Å². The average Bonchev–Trinajstić information content (AvgIpc) is 2.64. The van der Waals surface area contributed by atoms with E-state index in [0.29, 0.717) is 22.8 Å². The second kappa shape index (κ2) is 8.50. The van der Waals surface area contributed by atoms with Gasteiger partial charge in [-0.15, -0.1) is 0 Å². The van der Waals surface area contributed by atoms with Crippen LogP contribution < -0.4 is 10.6 Å². The molecule has 0 bridgehead atoms. The lowest BCUT2D eigenvalue weighted by Gasteiger charge is -2.09. The number of hydrogen-bond acceptors (Lipinski definition) is 2. The Kier molecular flexibility index (Phi) is 5.87. The number of hydrogen-bond donors (Lipinski definition) is 2. The Bertz CT molecular complexity index is 879. The molecule has 0 saturated heterocycles. The maximum absolute atomic E-state index is 13.6. The third kappa shape index (κ3) is 5.07. The smallest absolute Gasteiger partial charge is 0.228 e. The van der Waals surface area contributed by atoms with E-state index in [0.717, 1.165) is 11.3 Å². The number of rotatable bonds is 6. The van der Waals surface area contributed by atoms with E-state index in [-0.39, 0.29) is 18.1 Å². The molecule has 0 atom stereocenters. The summed E-state index contributed by atoms with van der Waals surface area (Å²) in [6, 6.07) is 21.3. The molecule has 2 N–H and O–H groups in total. The van der Waals surface area contributed by atoms with Gasteiger partial charge in [0.1, 0.15) is 5.82 Å². The summed E-state index contributed by atoms with van der Waals surface area (Å²) in [4.78, 5) is 12.1. The van der Waals surface area contributed by atoms with E-state index < -0.39 is 0 Å². The van der Waals surface area contributed by atoms with Gasteiger partial charge in [-0.1, -0.05) is 41.9 Å². The van der Waals surface area contributed by atoms with Gasteiger partial charge in [0.05, 0.1) is 6.42 Å². The summed E-state index contributed by atoms with van der Waals surface area (Å²) in [5.74, 6) is -0.624. The van der Waals surface area contributed by atoms with Gasteiger partial charge in [0.15, 0.2) is 0 Å². The summed E-state index contributed by atoms with van der Waals surface area (Å²) < 4.78 is 13.6. The number of carbonyl (C=O) groups is 1. The van der Waals surface area contributed by atoms with Crippen LogP contribution in [-0.2, 0) is 17.8 Å². The van der Waals surface area contributed by atoms with Crippen molar-refractivity contribution in [3.8, 4) is 0 Å². The highest BCUT2D eigenvalue weighted by Gasteiger charge is 2.08. The zero-order valence-electron chi connectivity index (χ0n) is 14.0. The number of nitrogens with one attached hydrogen (secondary N) is 2. The van der Waals surface area contributed by atoms with Gasteiger partial charge in [-0.3, -0.25) is 4.79 Å². The molecule has 0 saturated carbocycles. The first-order valence-corrected chi connectivity index (χ1v) is 8.59. The van der Waals surface area contributed by atoms with Gasteiger partial charge < -0.3 is 10.6 Å². The van der Waals surface area contributed by atoms with Crippen molar-refractivity contribution in [2.75, 3.05) is 10.6 Å². The number of carbonyl (C=O) groups excluding carboxylic acids is 1. The fourth-order valence-electron chi connectivity index (χ4n) is 2.50. The van der Waals surface area contributed by atoms with Crippen molar-refractivity contribution in [2.45, 2.75) is 13.0 Å². The fourth-order valence-corrected chi connectivity index (χ4v) is 2.62. The summed E-state index contributed by atoms with van der Waals surface area (Å²) in [7, 11) is 0. The Morgan fingerprint density at radius 1 is 0.885 bits per heavy atom. The summed E-state index contributed by atoms with van der Waals surface area (Å²) in [6.45, 7) is 0.677. The minimum absolute atomic E-state index is 0.00322. The summed E-state index contributed by atoms with van der Waals surface area (Å²) >= 11 is 5.87. The van der Waals surface area contributed by atoms with E-state index in [2.05, 4.69) is 10.6 Å². The number of amides is 1. The maximum Gasteiger partial charge on any atom is 0.228 e. The van der Waals surface area contributed by atoms with Crippen molar-refractivity contribution in [2.24, 2.45) is 0 Å². The number of benzene rings is 3. The van der Waals surface area contributed by atoms with Crippen LogP contribution in [0.15, 0.2) is 72.8 Å². The lowest BCUT2D eigenvalue weighted by atomic mass is 10.1. The molecule has 0 heterocycles. The Balaban J connectivity index is 1.53. The zero-order chi connectivity index (χ0) is 18.4. The van der Waals surface area contributed by atoms with Gasteiger partial charge >= 0.3 is 0 Å². The first-order chi connectivity index (χ1) is 12.6. The van der Waals surface area contributed by atoms with Crippen LogP contribution in [0.5, 0.6) is 0 Å². The van der Waals surface area contributed by atoms with Gasteiger partial charge in [0.25, 0.3) is 0 Å². The largest absolute Gasteiger partial charge is 0.381 e. The normalized spacial score (nSPS) is 10.4. The van der Waals surface area contributed by atoms with Gasteiger partial charge in [-0.2, -0.15) is 0 Å². The van der Waals surface area contributed by atoms with Gasteiger partial charge in [0, 0.05) is 22.9 Å². The summed E-state index contributed by atoms with van der Waals surface area (Å²) in [6.07, 6.45) is 0.00322. The molecule has 0 radical (unpaired) electrons. The van der Waals surface area contributed by atoms with Crippen molar-refractivity contribution >= 4 is 28.9 Å². The fraction of sp³-hybridized carbons (Fsp3) is 0.0952. The molecule has 3 aromatic rings. The summed E-state index contributed by atoms with van der Waals surface area (Å²) in [5, 5.41) is 6.79. The van der Waals surface area contributed by atoms with Crippen LogP contribution >= 0.6 is 11.6 Å². The molecule has 3 aromatic carbocycles. The van der Waals surface area contributed by atoms with E-state index in [1.54, 1.807) is 18.2 Å². The molecule has 0 aliphatic carbocycles. The highest BCUT2D eigenvalue weighted by molar-refractivity contribution is 6.30. The van der Waals surface area contributed by atoms with Crippen LogP contribution in [0.2, 0.25) is 5.02 Å². The molecular weight excluding hydrogens is 351 g/mol. The molecule has 0 spiro atoms. The lowest BCUT2D eigenvalue weighted by molar-refractivity contribution is -0.115. The molecule has 0 aliphatic rings. The predicted molar refractivity (Wildman–Crippen MR) is 104 cm³/mol. The molecule has 3 rings (SSSR count). The minimum Gasteiger partial charge on any atom is -0.381 e. The Labute approximate surface area is 156 Å². The molecule has 3 nitrogen and oxygen atoms in total. The monoisotopic (exact) mass is 368 g/mol. The standard InChI is InChI=1S/C21H18ClFN2O/c22-17-7-5-15(6-8-17)14-24-18-9-11-19(12-10-18)25-21(26)13-16-3-1-2-4-20(16)23/h1-12,24H,13-14H2,(H,25,26). The molecule has 132 valence electrons. The van der Waals surface area contributed by atoms with Crippen LogP contribution in [0.1, 0.15) is 11.1 Å². The molecule has 5 heteroatoms. The Hall–Kier alpha value is -2.85. The van der Waals surface area contributed by atoms with Crippen molar-refractivity contribution in [3.63, 3.8) is 0 Å². The molecule has 0 unspecified atom stereocenters. The SMILES string of the molecule is O=C(Cc1ccccc1F)Nc1ccc(NCc2ccc(Cl)cc2)cc1. The predicted octanol–water partition coefficient (Wildman–Crippen LogP) is 5.27. The molecule has 0 aromatic heterocycles. The molecular formula is C21H18ClFN2O. The topological polar surface area (TPSA) is 41.1 Å². The number of anilines is 2. The quantitative estimate of drug-likeness (QED) is 0.622. The molecule has 0 fully saturated rings. The van der Waals surface area contributed by atoms with Gasteiger partial charge in [0.2, 0.25) is 5.91 Å². The van der Waals surface area contributed by atoms with E-state index >= 15 is 0 Å². The number of halogens is 2. The van der Waals surface area contributed by atoms with E-state index in [1.807, 2.05) is 48.5 Å². The van der Waals surface area contributed by atoms with E-state index in [1.165, 1.54) is 6.07 Å².